The number of esters is 2. The molecule has 0 aliphatic heterocycles. The molecule has 7 heteroatoms. The maximum absolute atomic E-state index is 13.2. The van der Waals surface area contributed by atoms with Crippen LogP contribution >= 0.6 is 0 Å². The highest BCUT2D eigenvalue weighted by atomic mass is 19.3. The summed E-state index contributed by atoms with van der Waals surface area (Å²) in [5.74, 6) is -4.28. The third-order valence-electron chi connectivity index (χ3n) is 6.22. The van der Waals surface area contributed by atoms with E-state index in [-0.39, 0.29) is 30.0 Å². The van der Waals surface area contributed by atoms with Gasteiger partial charge in [-0.25, -0.2) is 9.59 Å². The fourth-order valence-corrected chi connectivity index (χ4v) is 6.05. The van der Waals surface area contributed by atoms with Gasteiger partial charge in [0.05, 0.1) is 13.2 Å². The zero-order valence-electron chi connectivity index (χ0n) is 17.3. The molecule has 4 fully saturated rings. The summed E-state index contributed by atoms with van der Waals surface area (Å²) in [6.45, 7) is 6.44. The Kier molecular flexibility index (Phi) is 5.54. The number of rotatable bonds is 7. The Bertz CT molecular complexity index is 605. The van der Waals surface area contributed by atoms with Crippen LogP contribution in [0.4, 0.5) is 8.78 Å². The molecule has 4 saturated carbocycles. The molecular weight excluding hydrogens is 370 g/mol. The van der Waals surface area contributed by atoms with Crippen LogP contribution in [0.25, 0.3) is 0 Å². The van der Waals surface area contributed by atoms with E-state index in [1.165, 1.54) is 0 Å². The van der Waals surface area contributed by atoms with Gasteiger partial charge in [0.25, 0.3) is 0 Å². The molecule has 2 atom stereocenters. The first-order valence-electron chi connectivity index (χ1n) is 10.1. The van der Waals surface area contributed by atoms with Crippen molar-refractivity contribution in [3.8, 4) is 0 Å². The van der Waals surface area contributed by atoms with E-state index in [0.717, 1.165) is 38.5 Å². The van der Waals surface area contributed by atoms with E-state index in [1.54, 1.807) is 0 Å². The summed E-state index contributed by atoms with van der Waals surface area (Å²) in [6.07, 6.45) is 5.83. The molecule has 0 aromatic carbocycles. The molecule has 0 spiro atoms. The van der Waals surface area contributed by atoms with Gasteiger partial charge in [-0.05, 0) is 76.5 Å². The SMILES string of the molecule is CC(C)(C)OC(=O)COCC12CC3CC(C1)CC(COC(=O)C(C)(F)F)(C3)C2. The first-order valence-corrected chi connectivity index (χ1v) is 10.1. The molecule has 160 valence electrons. The second kappa shape index (κ2) is 7.22. The highest BCUT2D eigenvalue weighted by Crippen LogP contribution is 2.65. The van der Waals surface area contributed by atoms with E-state index in [0.29, 0.717) is 25.4 Å². The molecule has 0 aromatic heterocycles. The fourth-order valence-electron chi connectivity index (χ4n) is 6.05. The van der Waals surface area contributed by atoms with Crippen molar-refractivity contribution in [1.82, 2.24) is 0 Å². The second-order valence-electron chi connectivity index (χ2n) is 10.5. The van der Waals surface area contributed by atoms with E-state index in [9.17, 15) is 18.4 Å². The smallest absolute Gasteiger partial charge is 0.376 e. The number of ether oxygens (including phenoxy) is 3. The lowest BCUT2D eigenvalue weighted by molar-refractivity contribution is -0.190. The van der Waals surface area contributed by atoms with Crippen LogP contribution in [0.15, 0.2) is 0 Å². The van der Waals surface area contributed by atoms with E-state index in [4.69, 9.17) is 14.2 Å². The van der Waals surface area contributed by atoms with E-state index >= 15 is 0 Å². The predicted molar refractivity (Wildman–Crippen MR) is 97.8 cm³/mol. The van der Waals surface area contributed by atoms with Gasteiger partial charge in [0.15, 0.2) is 0 Å². The minimum Gasteiger partial charge on any atom is -0.461 e. The quantitative estimate of drug-likeness (QED) is 0.599. The lowest BCUT2D eigenvalue weighted by Gasteiger charge is -2.61. The van der Waals surface area contributed by atoms with Gasteiger partial charge in [0.2, 0.25) is 0 Å². The number of carbonyl (C=O) groups is 2. The van der Waals surface area contributed by atoms with E-state index < -0.39 is 17.5 Å². The average Bonchev–Trinajstić information content (AvgIpc) is 2.48. The molecule has 4 rings (SSSR count). The average molecular weight is 402 g/mol. The molecular formula is C21H32F2O5. The van der Waals surface area contributed by atoms with Crippen LogP contribution in [0.5, 0.6) is 0 Å². The summed E-state index contributed by atoms with van der Waals surface area (Å²) >= 11 is 0. The number of carbonyl (C=O) groups excluding carboxylic acids is 2. The van der Waals surface area contributed by atoms with Crippen molar-refractivity contribution < 1.29 is 32.6 Å². The largest absolute Gasteiger partial charge is 0.461 e. The molecule has 28 heavy (non-hydrogen) atoms. The number of halogens is 2. The van der Waals surface area contributed by atoms with Crippen LogP contribution in [0.1, 0.15) is 66.2 Å². The van der Waals surface area contributed by atoms with Crippen LogP contribution in [0.2, 0.25) is 0 Å². The van der Waals surface area contributed by atoms with Crippen molar-refractivity contribution in [2.75, 3.05) is 19.8 Å². The molecule has 0 amide bonds. The van der Waals surface area contributed by atoms with Gasteiger partial charge in [-0.3, -0.25) is 0 Å². The van der Waals surface area contributed by atoms with Gasteiger partial charge in [-0.1, -0.05) is 0 Å². The monoisotopic (exact) mass is 402 g/mol. The van der Waals surface area contributed by atoms with Gasteiger partial charge in [0.1, 0.15) is 12.2 Å². The summed E-state index contributed by atoms with van der Waals surface area (Å²) in [4.78, 5) is 23.5. The maximum atomic E-state index is 13.2. The van der Waals surface area contributed by atoms with Crippen molar-refractivity contribution >= 4 is 11.9 Å². The van der Waals surface area contributed by atoms with Crippen LogP contribution < -0.4 is 0 Å². The molecule has 0 radical (unpaired) electrons. The lowest BCUT2D eigenvalue weighted by atomic mass is 9.44. The number of alkyl halides is 2. The van der Waals surface area contributed by atoms with Gasteiger partial charge in [-0.15, -0.1) is 0 Å². The van der Waals surface area contributed by atoms with Crippen LogP contribution in [0.3, 0.4) is 0 Å². The van der Waals surface area contributed by atoms with Crippen LogP contribution in [0, 0.1) is 22.7 Å². The van der Waals surface area contributed by atoms with Crippen molar-refractivity contribution in [1.29, 1.82) is 0 Å². The van der Waals surface area contributed by atoms with Crippen molar-refractivity contribution in [3.05, 3.63) is 0 Å². The van der Waals surface area contributed by atoms with Crippen LogP contribution in [-0.2, 0) is 23.8 Å². The standard InChI is InChI=1S/C21H32F2O5/c1-18(2,3)28-16(24)10-26-12-20-6-14-5-15(7-20)9-21(8-14,11-20)13-27-17(25)19(4,22)23/h14-15H,5-13H2,1-4H3. The summed E-state index contributed by atoms with van der Waals surface area (Å²) in [5.41, 5.74) is -0.843. The Morgan fingerprint density at radius 1 is 0.964 bits per heavy atom. The van der Waals surface area contributed by atoms with Gasteiger partial charge >= 0.3 is 17.9 Å². The minimum atomic E-state index is -3.46. The molecule has 5 nitrogen and oxygen atoms in total. The molecule has 0 heterocycles. The number of hydrogen-bond acceptors (Lipinski definition) is 5. The summed E-state index contributed by atoms with van der Waals surface area (Å²) < 4.78 is 42.4. The van der Waals surface area contributed by atoms with E-state index in [2.05, 4.69) is 0 Å². The van der Waals surface area contributed by atoms with Crippen molar-refractivity contribution in [2.24, 2.45) is 22.7 Å². The lowest BCUT2D eigenvalue weighted by Crippen LogP contribution is -2.55. The summed E-state index contributed by atoms with van der Waals surface area (Å²) in [5, 5.41) is 0. The first-order chi connectivity index (χ1) is 12.8. The topological polar surface area (TPSA) is 61.8 Å². The Morgan fingerprint density at radius 2 is 1.50 bits per heavy atom. The third kappa shape index (κ3) is 5.02. The first kappa shape index (κ1) is 21.5. The Labute approximate surface area is 165 Å². The molecule has 4 aliphatic rings. The van der Waals surface area contributed by atoms with Gasteiger partial charge < -0.3 is 14.2 Å². The fraction of sp³-hybridized carbons (Fsp3) is 0.905. The van der Waals surface area contributed by atoms with Crippen LogP contribution in [-0.4, -0.2) is 43.3 Å². The van der Waals surface area contributed by atoms with Crippen molar-refractivity contribution in [3.63, 3.8) is 0 Å². The van der Waals surface area contributed by atoms with Gasteiger partial charge in [-0.2, -0.15) is 8.78 Å². The molecule has 0 aromatic rings. The zero-order chi connectivity index (χ0) is 20.8. The summed E-state index contributed by atoms with van der Waals surface area (Å²) in [6, 6.07) is 0. The van der Waals surface area contributed by atoms with Crippen molar-refractivity contribution in [2.45, 2.75) is 77.7 Å². The highest BCUT2D eigenvalue weighted by molar-refractivity contribution is 5.76. The maximum Gasteiger partial charge on any atom is 0.376 e. The minimum absolute atomic E-state index is 0.0517. The molecule has 0 saturated heterocycles. The van der Waals surface area contributed by atoms with E-state index in [1.807, 2.05) is 20.8 Å². The normalized spacial score (nSPS) is 34.4. The predicted octanol–water partition coefficient (Wildman–Crippen LogP) is 4.13. The molecule has 4 bridgehead atoms. The Morgan fingerprint density at radius 3 is 2.00 bits per heavy atom. The number of hydrogen-bond donors (Lipinski definition) is 0. The summed E-state index contributed by atoms with van der Waals surface area (Å²) in [7, 11) is 0. The molecule has 2 unspecified atom stereocenters. The third-order valence-corrected chi connectivity index (χ3v) is 6.22. The zero-order valence-corrected chi connectivity index (χ0v) is 17.3. The molecule has 4 aliphatic carbocycles. The van der Waals surface area contributed by atoms with Gasteiger partial charge in [0, 0.05) is 12.3 Å². The highest BCUT2D eigenvalue weighted by Gasteiger charge is 2.58. The second-order valence-corrected chi connectivity index (χ2v) is 10.5. The Balaban J connectivity index is 1.59. The Hall–Kier alpha value is -1.24. The molecule has 0 N–H and O–H groups in total.